The highest BCUT2D eigenvalue weighted by Gasteiger charge is 2.29. The standard InChI is InChI=1S/C23H28N8O3S/c1-29(2)17-7-9-31(14-17)23(32)19-10-18-20(16(11-24)13-27-21(18)28-19)26-12-15-6-5-8-25-22(15)30(3)35(4,33)34/h5-6,8,10,13,17H,7,9,12,14H2,1-4H3,(H2,26,27,28). The van der Waals surface area contributed by atoms with Gasteiger partial charge in [0.2, 0.25) is 10.0 Å². The van der Waals surface area contributed by atoms with Crippen LogP contribution in [0.15, 0.2) is 30.6 Å². The number of hydrogen-bond donors (Lipinski definition) is 2. The molecule has 1 saturated heterocycles. The number of nitrogens with zero attached hydrogens (tertiary/aromatic N) is 6. The zero-order valence-corrected chi connectivity index (χ0v) is 20.9. The van der Waals surface area contributed by atoms with Crippen molar-refractivity contribution >= 4 is 38.5 Å². The number of H-pyrrole nitrogens is 1. The van der Waals surface area contributed by atoms with Gasteiger partial charge in [0, 0.05) is 56.1 Å². The first kappa shape index (κ1) is 24.4. The maximum Gasteiger partial charge on any atom is 0.270 e. The Bertz CT molecular complexity index is 1410. The van der Waals surface area contributed by atoms with E-state index in [0.29, 0.717) is 58.5 Å². The highest BCUT2D eigenvalue weighted by Crippen LogP contribution is 2.29. The van der Waals surface area contributed by atoms with Crippen LogP contribution in [0.3, 0.4) is 0 Å². The molecule has 4 rings (SSSR count). The molecule has 12 heteroatoms. The van der Waals surface area contributed by atoms with E-state index in [4.69, 9.17) is 0 Å². The highest BCUT2D eigenvalue weighted by molar-refractivity contribution is 7.92. The van der Waals surface area contributed by atoms with Crippen LogP contribution in [0.4, 0.5) is 11.5 Å². The molecule has 3 aromatic heterocycles. The number of nitrogens with one attached hydrogen (secondary N) is 2. The Morgan fingerprint density at radius 2 is 2.11 bits per heavy atom. The molecule has 2 N–H and O–H groups in total. The number of hydrogen-bond acceptors (Lipinski definition) is 8. The summed E-state index contributed by atoms with van der Waals surface area (Å²) in [5.74, 6) is 0.182. The molecule has 1 amide bonds. The van der Waals surface area contributed by atoms with Crippen LogP contribution >= 0.6 is 0 Å². The van der Waals surface area contributed by atoms with Crippen molar-refractivity contribution in [3.8, 4) is 6.07 Å². The first-order valence-corrected chi connectivity index (χ1v) is 12.9. The van der Waals surface area contributed by atoms with Crippen LogP contribution in [0.1, 0.15) is 28.0 Å². The third kappa shape index (κ3) is 4.91. The average Bonchev–Trinajstić information content (AvgIpc) is 3.49. The van der Waals surface area contributed by atoms with E-state index in [2.05, 4.69) is 31.2 Å². The predicted octanol–water partition coefficient (Wildman–Crippen LogP) is 1.61. The lowest BCUT2D eigenvalue weighted by Gasteiger charge is -2.20. The van der Waals surface area contributed by atoms with Gasteiger partial charge in [-0.3, -0.25) is 9.10 Å². The smallest absolute Gasteiger partial charge is 0.270 e. The number of amides is 1. The number of carbonyl (C=O) groups is 1. The molecule has 0 aromatic carbocycles. The van der Waals surface area contributed by atoms with Crippen LogP contribution in [0.2, 0.25) is 0 Å². The maximum atomic E-state index is 13.1. The van der Waals surface area contributed by atoms with Gasteiger partial charge in [0.1, 0.15) is 23.2 Å². The number of aromatic amines is 1. The van der Waals surface area contributed by atoms with E-state index in [9.17, 15) is 18.5 Å². The van der Waals surface area contributed by atoms with Crippen molar-refractivity contribution in [2.24, 2.45) is 0 Å². The lowest BCUT2D eigenvalue weighted by atomic mass is 10.1. The fraction of sp³-hybridized carbons (Fsp3) is 0.391. The Kier molecular flexibility index (Phi) is 6.64. The minimum absolute atomic E-state index is 0.110. The van der Waals surface area contributed by atoms with Crippen molar-refractivity contribution in [3.05, 3.63) is 47.4 Å². The van der Waals surface area contributed by atoms with Gasteiger partial charge in [-0.1, -0.05) is 6.07 Å². The van der Waals surface area contributed by atoms with Crippen molar-refractivity contribution < 1.29 is 13.2 Å². The highest BCUT2D eigenvalue weighted by atomic mass is 32.2. The third-order valence-electron chi connectivity index (χ3n) is 6.31. The normalized spacial score (nSPS) is 16.0. The summed E-state index contributed by atoms with van der Waals surface area (Å²) < 4.78 is 25.2. The van der Waals surface area contributed by atoms with Crippen molar-refractivity contribution in [2.75, 3.05) is 50.1 Å². The summed E-state index contributed by atoms with van der Waals surface area (Å²) in [6.07, 6.45) is 4.99. The summed E-state index contributed by atoms with van der Waals surface area (Å²) in [5.41, 5.74) is 2.35. The van der Waals surface area contributed by atoms with E-state index in [1.54, 1.807) is 18.2 Å². The number of likely N-dealkylation sites (N-methyl/N-ethyl adjacent to an activating group) is 1. The van der Waals surface area contributed by atoms with Crippen LogP contribution in [0, 0.1) is 11.3 Å². The van der Waals surface area contributed by atoms with E-state index in [0.717, 1.165) is 17.0 Å². The summed E-state index contributed by atoms with van der Waals surface area (Å²) in [5, 5.41) is 13.5. The van der Waals surface area contributed by atoms with Gasteiger partial charge in [-0.2, -0.15) is 5.26 Å². The number of sulfonamides is 1. The molecular formula is C23H28N8O3S. The molecule has 35 heavy (non-hydrogen) atoms. The van der Waals surface area contributed by atoms with Gasteiger partial charge in [-0.15, -0.1) is 0 Å². The van der Waals surface area contributed by atoms with Gasteiger partial charge in [0.05, 0.1) is 17.5 Å². The van der Waals surface area contributed by atoms with Gasteiger partial charge in [-0.05, 0) is 32.6 Å². The molecular weight excluding hydrogens is 468 g/mol. The lowest BCUT2D eigenvalue weighted by molar-refractivity contribution is 0.0778. The van der Waals surface area contributed by atoms with Crippen molar-refractivity contribution in [1.82, 2.24) is 24.8 Å². The fourth-order valence-electron chi connectivity index (χ4n) is 4.18. The van der Waals surface area contributed by atoms with Crippen molar-refractivity contribution in [2.45, 2.75) is 19.0 Å². The number of rotatable bonds is 7. The minimum Gasteiger partial charge on any atom is -0.379 e. The molecule has 0 aliphatic carbocycles. The fourth-order valence-corrected chi connectivity index (χ4v) is 4.65. The zero-order chi connectivity index (χ0) is 25.3. The molecule has 0 radical (unpaired) electrons. The van der Waals surface area contributed by atoms with Crippen molar-refractivity contribution in [3.63, 3.8) is 0 Å². The van der Waals surface area contributed by atoms with E-state index >= 15 is 0 Å². The van der Waals surface area contributed by atoms with Crippen LogP contribution in [0.25, 0.3) is 11.0 Å². The number of anilines is 2. The Hall–Kier alpha value is -3.69. The van der Waals surface area contributed by atoms with Gasteiger partial charge < -0.3 is 20.1 Å². The van der Waals surface area contributed by atoms with Gasteiger partial charge >= 0.3 is 0 Å². The number of pyridine rings is 2. The summed E-state index contributed by atoms with van der Waals surface area (Å²) in [6.45, 7) is 1.54. The summed E-state index contributed by atoms with van der Waals surface area (Å²) >= 11 is 0. The molecule has 4 heterocycles. The molecule has 1 aliphatic heterocycles. The Morgan fingerprint density at radius 3 is 2.77 bits per heavy atom. The molecule has 1 atom stereocenters. The summed E-state index contributed by atoms with van der Waals surface area (Å²) in [4.78, 5) is 28.7. The second-order valence-corrected chi connectivity index (χ2v) is 10.8. The van der Waals surface area contributed by atoms with Gasteiger partial charge in [0.15, 0.2) is 0 Å². The molecule has 3 aromatic rings. The second-order valence-electron chi connectivity index (χ2n) is 8.83. The molecule has 1 unspecified atom stereocenters. The van der Waals surface area contributed by atoms with Crippen LogP contribution in [-0.4, -0.2) is 85.6 Å². The zero-order valence-electron chi connectivity index (χ0n) is 20.1. The minimum atomic E-state index is -3.50. The Labute approximate surface area is 204 Å². The first-order valence-electron chi connectivity index (χ1n) is 11.1. The SMILES string of the molecule is CN(C)C1CCN(C(=O)c2cc3c(NCc4cccnc4N(C)S(C)(=O)=O)c(C#N)cnc3[nH]2)C1. The first-order chi connectivity index (χ1) is 16.6. The number of fused-ring (bicyclic) bond motifs is 1. The Morgan fingerprint density at radius 1 is 1.34 bits per heavy atom. The van der Waals surface area contributed by atoms with Gasteiger partial charge in [-0.25, -0.2) is 18.4 Å². The van der Waals surface area contributed by atoms with Crippen LogP contribution in [0.5, 0.6) is 0 Å². The quantitative estimate of drug-likeness (QED) is 0.503. The molecule has 1 fully saturated rings. The molecule has 184 valence electrons. The average molecular weight is 497 g/mol. The summed E-state index contributed by atoms with van der Waals surface area (Å²) in [6, 6.07) is 7.65. The van der Waals surface area contributed by atoms with Crippen molar-refractivity contribution in [1.29, 1.82) is 5.26 Å². The predicted molar refractivity (Wildman–Crippen MR) is 134 cm³/mol. The molecule has 0 bridgehead atoms. The largest absolute Gasteiger partial charge is 0.379 e. The second kappa shape index (κ2) is 9.52. The monoisotopic (exact) mass is 496 g/mol. The number of carbonyl (C=O) groups excluding carboxylic acids is 1. The van der Waals surface area contributed by atoms with Crippen LogP contribution in [-0.2, 0) is 16.6 Å². The topological polar surface area (TPSA) is 138 Å². The molecule has 0 saturated carbocycles. The van der Waals surface area contributed by atoms with E-state index in [1.165, 1.54) is 19.4 Å². The summed E-state index contributed by atoms with van der Waals surface area (Å²) in [7, 11) is 1.95. The van der Waals surface area contributed by atoms with Crippen LogP contribution < -0.4 is 9.62 Å². The number of aromatic nitrogens is 3. The molecule has 11 nitrogen and oxygen atoms in total. The Balaban J connectivity index is 1.64. The number of likely N-dealkylation sites (tertiary alicyclic amines) is 1. The number of nitriles is 1. The van der Waals surface area contributed by atoms with E-state index in [-0.39, 0.29) is 12.5 Å². The maximum absolute atomic E-state index is 13.1. The third-order valence-corrected chi connectivity index (χ3v) is 7.48. The lowest BCUT2D eigenvalue weighted by Crippen LogP contribution is -2.34. The van der Waals surface area contributed by atoms with E-state index < -0.39 is 10.0 Å². The molecule has 0 spiro atoms. The van der Waals surface area contributed by atoms with E-state index in [1.807, 2.05) is 19.0 Å². The van der Waals surface area contributed by atoms with Gasteiger partial charge in [0.25, 0.3) is 5.91 Å². The molecule has 1 aliphatic rings.